The molecule has 0 spiro atoms. The number of aromatic nitrogens is 3. The summed E-state index contributed by atoms with van der Waals surface area (Å²) in [5.74, 6) is 0.782. The fraction of sp³-hybridized carbons (Fsp3) is 0.211. The fourth-order valence-electron chi connectivity index (χ4n) is 2.42. The lowest BCUT2D eigenvalue weighted by molar-refractivity contribution is 0.251. The number of rotatable bonds is 7. The minimum absolute atomic E-state index is 0.249. The molecule has 2 amide bonds. The van der Waals surface area contributed by atoms with Crippen LogP contribution in [0.4, 0.5) is 10.5 Å². The molecule has 1 aromatic heterocycles. The summed E-state index contributed by atoms with van der Waals surface area (Å²) in [6, 6.07) is 15.0. The predicted molar refractivity (Wildman–Crippen MR) is 99.0 cm³/mol. The highest BCUT2D eigenvalue weighted by molar-refractivity contribution is 5.89. The Morgan fingerprint density at radius 1 is 1.08 bits per heavy atom. The van der Waals surface area contributed by atoms with Crippen LogP contribution in [0.15, 0.2) is 61.2 Å². The third-order valence-electron chi connectivity index (χ3n) is 3.71. The summed E-state index contributed by atoms with van der Waals surface area (Å²) in [6.07, 6.45) is 3.20. The number of carbonyl (C=O) groups excluding carboxylic acids is 1. The molecule has 134 valence electrons. The number of ether oxygens (including phenoxy) is 1. The number of urea groups is 1. The zero-order valence-electron chi connectivity index (χ0n) is 14.6. The maximum Gasteiger partial charge on any atom is 0.319 e. The second-order valence-corrected chi connectivity index (χ2v) is 5.67. The molecule has 2 N–H and O–H groups in total. The van der Waals surface area contributed by atoms with Gasteiger partial charge in [0.1, 0.15) is 18.4 Å². The number of anilines is 1. The molecule has 1 heterocycles. The smallest absolute Gasteiger partial charge is 0.319 e. The second kappa shape index (κ2) is 8.66. The number of carbonyl (C=O) groups is 1. The van der Waals surface area contributed by atoms with Crippen LogP contribution in [-0.2, 0) is 13.1 Å². The van der Waals surface area contributed by atoms with Gasteiger partial charge in [-0.3, -0.25) is 0 Å². The van der Waals surface area contributed by atoms with Crippen molar-refractivity contribution in [3.63, 3.8) is 0 Å². The van der Waals surface area contributed by atoms with Gasteiger partial charge in [0.2, 0.25) is 0 Å². The lowest BCUT2D eigenvalue weighted by Gasteiger charge is -2.09. The van der Waals surface area contributed by atoms with E-state index in [1.54, 1.807) is 11.0 Å². The summed E-state index contributed by atoms with van der Waals surface area (Å²) < 4.78 is 7.14. The van der Waals surface area contributed by atoms with Crippen molar-refractivity contribution >= 4 is 11.7 Å². The molecule has 2 aromatic carbocycles. The van der Waals surface area contributed by atoms with Crippen molar-refractivity contribution in [2.45, 2.75) is 20.0 Å². The summed E-state index contributed by atoms with van der Waals surface area (Å²) in [4.78, 5) is 15.9. The molecular weight excluding hydrogens is 330 g/mol. The first-order chi connectivity index (χ1) is 12.7. The zero-order chi connectivity index (χ0) is 18.2. The summed E-state index contributed by atoms with van der Waals surface area (Å²) in [5.41, 5.74) is 2.86. The Hall–Kier alpha value is -3.35. The van der Waals surface area contributed by atoms with Gasteiger partial charge in [-0.1, -0.05) is 24.3 Å². The molecule has 3 rings (SSSR count). The maximum atomic E-state index is 12.0. The van der Waals surface area contributed by atoms with E-state index in [1.807, 2.05) is 55.5 Å². The molecule has 7 nitrogen and oxygen atoms in total. The third kappa shape index (κ3) is 5.07. The van der Waals surface area contributed by atoms with Gasteiger partial charge in [-0.2, -0.15) is 5.10 Å². The van der Waals surface area contributed by atoms with Crippen LogP contribution in [0, 0.1) is 0 Å². The van der Waals surface area contributed by atoms with Crippen molar-refractivity contribution in [2.75, 3.05) is 11.9 Å². The minimum atomic E-state index is -0.249. The van der Waals surface area contributed by atoms with E-state index in [1.165, 1.54) is 6.33 Å². The van der Waals surface area contributed by atoms with E-state index in [9.17, 15) is 4.79 Å². The predicted octanol–water partition coefficient (Wildman–Crippen LogP) is 3.05. The van der Waals surface area contributed by atoms with Crippen LogP contribution in [0.5, 0.6) is 5.75 Å². The van der Waals surface area contributed by atoms with E-state index >= 15 is 0 Å². The Bertz CT molecular complexity index is 814. The molecule has 3 aromatic rings. The van der Waals surface area contributed by atoms with E-state index in [2.05, 4.69) is 20.7 Å². The van der Waals surface area contributed by atoms with E-state index in [0.29, 0.717) is 25.4 Å². The number of hydrogen-bond acceptors (Lipinski definition) is 4. The van der Waals surface area contributed by atoms with Crippen molar-refractivity contribution < 1.29 is 9.53 Å². The monoisotopic (exact) mass is 351 g/mol. The van der Waals surface area contributed by atoms with Gasteiger partial charge in [0.15, 0.2) is 0 Å². The summed E-state index contributed by atoms with van der Waals surface area (Å²) in [7, 11) is 0. The molecule has 26 heavy (non-hydrogen) atoms. The van der Waals surface area contributed by atoms with Crippen LogP contribution in [0.2, 0.25) is 0 Å². The third-order valence-corrected chi connectivity index (χ3v) is 3.71. The highest BCUT2D eigenvalue weighted by Gasteiger charge is 2.03. The van der Waals surface area contributed by atoms with Crippen molar-refractivity contribution in [2.24, 2.45) is 0 Å². The van der Waals surface area contributed by atoms with Crippen LogP contribution in [0.25, 0.3) is 0 Å². The van der Waals surface area contributed by atoms with Crippen molar-refractivity contribution in [3.05, 3.63) is 72.3 Å². The molecule has 0 aliphatic rings. The Morgan fingerprint density at radius 2 is 1.81 bits per heavy atom. The maximum absolute atomic E-state index is 12.0. The standard InChI is InChI=1S/C19H21N5O2/c1-2-26-18-9-7-17(8-10-18)23-19(25)21-11-15-3-5-16(6-4-15)12-24-14-20-13-22-24/h3-10,13-14H,2,11-12H2,1H3,(H2,21,23,25). The fourth-order valence-corrected chi connectivity index (χ4v) is 2.42. The lowest BCUT2D eigenvalue weighted by atomic mass is 10.1. The molecular formula is C19H21N5O2. The molecule has 0 aliphatic heterocycles. The molecule has 0 bridgehead atoms. The number of nitrogens with zero attached hydrogens (tertiary/aromatic N) is 3. The van der Waals surface area contributed by atoms with Gasteiger partial charge in [-0.05, 0) is 42.3 Å². The summed E-state index contributed by atoms with van der Waals surface area (Å²) >= 11 is 0. The highest BCUT2D eigenvalue weighted by atomic mass is 16.5. The minimum Gasteiger partial charge on any atom is -0.494 e. The number of nitrogens with one attached hydrogen (secondary N) is 2. The van der Waals surface area contributed by atoms with Gasteiger partial charge < -0.3 is 15.4 Å². The molecule has 0 fully saturated rings. The molecule has 0 atom stereocenters. The van der Waals surface area contributed by atoms with Gasteiger partial charge in [-0.25, -0.2) is 14.5 Å². The SMILES string of the molecule is CCOc1ccc(NC(=O)NCc2ccc(Cn3cncn3)cc2)cc1. The highest BCUT2D eigenvalue weighted by Crippen LogP contribution is 2.15. The van der Waals surface area contributed by atoms with E-state index in [-0.39, 0.29) is 6.03 Å². The number of hydrogen-bond donors (Lipinski definition) is 2. The Labute approximate surface area is 152 Å². The average molecular weight is 351 g/mol. The van der Waals surface area contributed by atoms with Crippen molar-refractivity contribution in [1.29, 1.82) is 0 Å². The van der Waals surface area contributed by atoms with Gasteiger partial charge in [0, 0.05) is 12.2 Å². The molecule has 0 radical (unpaired) electrons. The van der Waals surface area contributed by atoms with Crippen LogP contribution < -0.4 is 15.4 Å². The Balaban J connectivity index is 1.46. The molecule has 0 saturated carbocycles. The first kappa shape index (κ1) is 17.5. The average Bonchev–Trinajstić information content (AvgIpc) is 3.16. The van der Waals surface area contributed by atoms with Crippen LogP contribution in [-0.4, -0.2) is 27.4 Å². The lowest BCUT2D eigenvalue weighted by Crippen LogP contribution is -2.28. The zero-order valence-corrected chi connectivity index (χ0v) is 14.6. The van der Waals surface area contributed by atoms with Crippen LogP contribution >= 0.6 is 0 Å². The number of amides is 2. The quantitative estimate of drug-likeness (QED) is 0.685. The van der Waals surface area contributed by atoms with Gasteiger partial charge >= 0.3 is 6.03 Å². The van der Waals surface area contributed by atoms with Crippen molar-refractivity contribution in [1.82, 2.24) is 20.1 Å². The summed E-state index contributed by atoms with van der Waals surface area (Å²) in [5, 5.41) is 9.72. The van der Waals surface area contributed by atoms with Crippen LogP contribution in [0.3, 0.4) is 0 Å². The number of benzene rings is 2. The summed E-state index contributed by atoms with van der Waals surface area (Å²) in [6.45, 7) is 3.67. The molecule has 0 saturated heterocycles. The second-order valence-electron chi connectivity index (χ2n) is 5.67. The van der Waals surface area contributed by atoms with E-state index in [0.717, 1.165) is 16.9 Å². The topological polar surface area (TPSA) is 81.1 Å². The van der Waals surface area contributed by atoms with Crippen LogP contribution in [0.1, 0.15) is 18.1 Å². The first-order valence-corrected chi connectivity index (χ1v) is 8.41. The Morgan fingerprint density at radius 3 is 2.46 bits per heavy atom. The molecule has 0 aliphatic carbocycles. The van der Waals surface area contributed by atoms with Gasteiger partial charge in [-0.15, -0.1) is 0 Å². The largest absolute Gasteiger partial charge is 0.494 e. The van der Waals surface area contributed by atoms with E-state index < -0.39 is 0 Å². The first-order valence-electron chi connectivity index (χ1n) is 8.41. The Kier molecular flexibility index (Phi) is 5.82. The molecule has 0 unspecified atom stereocenters. The van der Waals surface area contributed by atoms with Crippen molar-refractivity contribution in [3.8, 4) is 5.75 Å². The molecule has 7 heteroatoms. The normalized spacial score (nSPS) is 10.3. The van der Waals surface area contributed by atoms with E-state index in [4.69, 9.17) is 4.74 Å². The van der Waals surface area contributed by atoms with Gasteiger partial charge in [0.25, 0.3) is 0 Å². The van der Waals surface area contributed by atoms with Gasteiger partial charge in [0.05, 0.1) is 13.2 Å².